The summed E-state index contributed by atoms with van der Waals surface area (Å²) >= 11 is 0. The predicted molar refractivity (Wildman–Crippen MR) is 65.9 cm³/mol. The molecule has 0 bridgehead atoms. The summed E-state index contributed by atoms with van der Waals surface area (Å²) in [6.45, 7) is 3.23. The van der Waals surface area contributed by atoms with Crippen molar-refractivity contribution in [3.05, 3.63) is 29.7 Å². The van der Waals surface area contributed by atoms with Crippen molar-refractivity contribution in [2.24, 2.45) is 0 Å². The average molecular weight is 251 g/mol. The Morgan fingerprint density at radius 1 is 1.61 bits per heavy atom. The predicted octanol–water partition coefficient (Wildman–Crippen LogP) is 0.821. The minimum atomic E-state index is -0.276. The van der Waals surface area contributed by atoms with Gasteiger partial charge in [-0.25, -0.2) is 0 Å². The van der Waals surface area contributed by atoms with Gasteiger partial charge in [0.25, 0.3) is 0 Å². The maximum atomic E-state index is 11.9. The van der Waals surface area contributed by atoms with Crippen LogP contribution in [0.25, 0.3) is 6.08 Å². The number of rotatable bonds is 3. The molecule has 0 aromatic carbocycles. The van der Waals surface area contributed by atoms with Gasteiger partial charge in [0.2, 0.25) is 5.91 Å². The van der Waals surface area contributed by atoms with Crippen molar-refractivity contribution in [3.63, 3.8) is 0 Å². The van der Waals surface area contributed by atoms with Crippen LogP contribution < -0.4 is 0 Å². The van der Waals surface area contributed by atoms with Crippen LogP contribution in [0, 0.1) is 6.92 Å². The number of carbonyl (C=O) groups is 1. The number of ether oxygens (including phenoxy) is 1. The van der Waals surface area contributed by atoms with E-state index < -0.39 is 0 Å². The number of aliphatic hydroxyl groups is 1. The summed E-state index contributed by atoms with van der Waals surface area (Å²) in [7, 11) is 0. The second-order valence-corrected chi connectivity index (χ2v) is 4.24. The smallest absolute Gasteiger partial charge is 0.246 e. The second-order valence-electron chi connectivity index (χ2n) is 4.24. The molecule has 1 fully saturated rings. The molecule has 0 saturated carbocycles. The third-order valence-corrected chi connectivity index (χ3v) is 2.81. The molecule has 0 radical (unpaired) electrons. The molecule has 1 aliphatic heterocycles. The highest BCUT2D eigenvalue weighted by Crippen LogP contribution is 2.10. The van der Waals surface area contributed by atoms with Gasteiger partial charge in [-0.2, -0.15) is 0 Å². The van der Waals surface area contributed by atoms with Crippen molar-refractivity contribution in [1.82, 2.24) is 4.90 Å². The van der Waals surface area contributed by atoms with Crippen molar-refractivity contribution in [2.45, 2.75) is 13.0 Å². The first kappa shape index (κ1) is 12.9. The Morgan fingerprint density at radius 3 is 3.11 bits per heavy atom. The molecule has 1 amide bonds. The first-order chi connectivity index (χ1) is 8.69. The normalized spacial score (nSPS) is 20.6. The van der Waals surface area contributed by atoms with E-state index >= 15 is 0 Å². The summed E-state index contributed by atoms with van der Waals surface area (Å²) in [6.07, 6.45) is 2.86. The van der Waals surface area contributed by atoms with Crippen LogP contribution in [0.15, 0.2) is 22.6 Å². The van der Waals surface area contributed by atoms with E-state index in [1.807, 2.05) is 19.1 Å². The highest BCUT2D eigenvalue weighted by molar-refractivity contribution is 5.91. The third-order valence-electron chi connectivity index (χ3n) is 2.81. The molecule has 1 N–H and O–H groups in total. The Kier molecular flexibility index (Phi) is 4.17. The van der Waals surface area contributed by atoms with E-state index in [1.165, 1.54) is 6.08 Å². The fourth-order valence-corrected chi connectivity index (χ4v) is 1.83. The minimum Gasteiger partial charge on any atom is -0.462 e. The Labute approximate surface area is 106 Å². The van der Waals surface area contributed by atoms with Gasteiger partial charge in [0.05, 0.1) is 19.3 Å². The third kappa shape index (κ3) is 3.21. The molecule has 0 spiro atoms. The van der Waals surface area contributed by atoms with Gasteiger partial charge < -0.3 is 19.2 Å². The monoisotopic (exact) mass is 251 g/mol. The van der Waals surface area contributed by atoms with Gasteiger partial charge in [0.1, 0.15) is 11.5 Å². The van der Waals surface area contributed by atoms with Gasteiger partial charge in [0.15, 0.2) is 0 Å². The maximum Gasteiger partial charge on any atom is 0.246 e. The molecular weight excluding hydrogens is 234 g/mol. The van der Waals surface area contributed by atoms with Crippen molar-refractivity contribution < 1.29 is 19.1 Å². The zero-order valence-electron chi connectivity index (χ0n) is 10.3. The molecule has 1 unspecified atom stereocenters. The van der Waals surface area contributed by atoms with Gasteiger partial charge in [-0.15, -0.1) is 0 Å². The summed E-state index contributed by atoms with van der Waals surface area (Å²) in [5.41, 5.74) is 0. The summed E-state index contributed by atoms with van der Waals surface area (Å²) in [4.78, 5) is 13.6. The van der Waals surface area contributed by atoms with Crippen LogP contribution in [0.2, 0.25) is 0 Å². The summed E-state index contributed by atoms with van der Waals surface area (Å²) in [6, 6.07) is 3.66. The van der Waals surface area contributed by atoms with E-state index in [0.29, 0.717) is 25.5 Å². The molecule has 1 aliphatic rings. The second kappa shape index (κ2) is 5.84. The topological polar surface area (TPSA) is 62.9 Å². The fraction of sp³-hybridized carbons (Fsp3) is 0.462. The number of nitrogens with zero attached hydrogens (tertiary/aromatic N) is 1. The van der Waals surface area contributed by atoms with Crippen LogP contribution in [0.3, 0.4) is 0 Å². The molecule has 1 atom stereocenters. The molecule has 98 valence electrons. The number of aliphatic hydroxyl groups excluding tert-OH is 1. The standard InChI is InChI=1S/C13H17NO4/c1-10-2-3-11(18-10)4-5-13(16)14-6-7-17-12(8-14)9-15/h2-5,12,15H,6-9H2,1H3/b5-4+. The molecule has 2 heterocycles. The highest BCUT2D eigenvalue weighted by Gasteiger charge is 2.22. The first-order valence-corrected chi connectivity index (χ1v) is 5.95. The number of morpholine rings is 1. The highest BCUT2D eigenvalue weighted by atomic mass is 16.5. The molecule has 1 saturated heterocycles. The zero-order valence-corrected chi connectivity index (χ0v) is 10.3. The summed E-state index contributed by atoms with van der Waals surface area (Å²) < 4.78 is 10.6. The lowest BCUT2D eigenvalue weighted by Crippen LogP contribution is -2.46. The van der Waals surface area contributed by atoms with Crippen LogP contribution in [0.5, 0.6) is 0 Å². The van der Waals surface area contributed by atoms with E-state index in [2.05, 4.69) is 0 Å². The average Bonchev–Trinajstić information content (AvgIpc) is 2.82. The van der Waals surface area contributed by atoms with E-state index in [0.717, 1.165) is 5.76 Å². The Bertz CT molecular complexity index is 438. The van der Waals surface area contributed by atoms with Crippen LogP contribution in [0.1, 0.15) is 11.5 Å². The number of furan rings is 1. The molecule has 0 aliphatic carbocycles. The lowest BCUT2D eigenvalue weighted by molar-refractivity contribution is -0.134. The van der Waals surface area contributed by atoms with Gasteiger partial charge in [-0.3, -0.25) is 4.79 Å². The van der Waals surface area contributed by atoms with Gasteiger partial charge in [-0.1, -0.05) is 0 Å². The Morgan fingerprint density at radius 2 is 2.44 bits per heavy atom. The van der Waals surface area contributed by atoms with Crippen LogP contribution in [-0.4, -0.2) is 48.3 Å². The zero-order chi connectivity index (χ0) is 13.0. The van der Waals surface area contributed by atoms with Gasteiger partial charge >= 0.3 is 0 Å². The Balaban J connectivity index is 1.93. The molecule has 5 heteroatoms. The van der Waals surface area contributed by atoms with Crippen LogP contribution >= 0.6 is 0 Å². The number of hydrogen-bond acceptors (Lipinski definition) is 4. The van der Waals surface area contributed by atoms with E-state index in [1.54, 1.807) is 11.0 Å². The number of carbonyl (C=O) groups excluding carboxylic acids is 1. The lowest BCUT2D eigenvalue weighted by Gasteiger charge is -2.31. The van der Waals surface area contributed by atoms with E-state index in [-0.39, 0.29) is 18.6 Å². The van der Waals surface area contributed by atoms with Crippen LogP contribution in [-0.2, 0) is 9.53 Å². The van der Waals surface area contributed by atoms with Crippen molar-refractivity contribution >= 4 is 12.0 Å². The van der Waals surface area contributed by atoms with E-state index in [4.69, 9.17) is 14.3 Å². The van der Waals surface area contributed by atoms with Crippen molar-refractivity contribution in [3.8, 4) is 0 Å². The molecule has 1 aromatic heterocycles. The number of amides is 1. The molecule has 5 nitrogen and oxygen atoms in total. The quantitative estimate of drug-likeness (QED) is 0.808. The molecule has 18 heavy (non-hydrogen) atoms. The van der Waals surface area contributed by atoms with E-state index in [9.17, 15) is 4.79 Å². The number of hydrogen-bond donors (Lipinski definition) is 1. The van der Waals surface area contributed by atoms with Crippen molar-refractivity contribution in [1.29, 1.82) is 0 Å². The van der Waals surface area contributed by atoms with Gasteiger partial charge in [-0.05, 0) is 25.1 Å². The fourth-order valence-electron chi connectivity index (χ4n) is 1.83. The number of aryl methyl sites for hydroxylation is 1. The summed E-state index contributed by atoms with van der Waals surface area (Å²) in [5, 5.41) is 9.01. The van der Waals surface area contributed by atoms with Gasteiger partial charge in [0, 0.05) is 19.2 Å². The molecular formula is C13H17NO4. The first-order valence-electron chi connectivity index (χ1n) is 5.95. The summed E-state index contributed by atoms with van der Waals surface area (Å²) in [5.74, 6) is 1.38. The molecule has 2 rings (SSSR count). The Hall–Kier alpha value is -1.59. The largest absolute Gasteiger partial charge is 0.462 e. The lowest BCUT2D eigenvalue weighted by atomic mass is 10.2. The maximum absolute atomic E-state index is 11.9. The minimum absolute atomic E-state index is 0.0646. The van der Waals surface area contributed by atoms with Crippen LogP contribution in [0.4, 0.5) is 0 Å². The SMILES string of the molecule is Cc1ccc(/C=C/C(=O)N2CCOC(CO)C2)o1. The molecule has 1 aromatic rings. The van der Waals surface area contributed by atoms with Crippen molar-refractivity contribution in [2.75, 3.05) is 26.3 Å².